The van der Waals surface area contributed by atoms with Crippen LogP contribution in [0.25, 0.3) is 0 Å². The molecule has 0 saturated carbocycles. The van der Waals surface area contributed by atoms with Gasteiger partial charge in [-0.2, -0.15) is 0 Å². The largest absolute Gasteiger partial charge is 0.494 e. The third kappa shape index (κ3) is 4.47. The number of amides is 1. The summed E-state index contributed by atoms with van der Waals surface area (Å²) in [5.41, 5.74) is 2.05. The summed E-state index contributed by atoms with van der Waals surface area (Å²) < 4.78 is 10.5. The number of ether oxygens (including phenoxy) is 2. The Labute approximate surface area is 145 Å². The van der Waals surface area contributed by atoms with E-state index in [1.165, 1.54) is 25.3 Å². The third-order valence-corrected chi connectivity index (χ3v) is 3.63. The molecule has 0 heterocycles. The van der Waals surface area contributed by atoms with Gasteiger partial charge < -0.3 is 9.47 Å². The van der Waals surface area contributed by atoms with Gasteiger partial charge >= 0.3 is 6.09 Å². The number of benzene rings is 2. The van der Waals surface area contributed by atoms with E-state index < -0.39 is 11.0 Å². The highest BCUT2D eigenvalue weighted by atomic mass is 16.6. The zero-order chi connectivity index (χ0) is 18.6. The number of carbonyl (C=O) groups is 1. The third-order valence-electron chi connectivity index (χ3n) is 3.63. The van der Waals surface area contributed by atoms with Crippen molar-refractivity contribution in [3.8, 4) is 11.5 Å². The van der Waals surface area contributed by atoms with Crippen LogP contribution in [0.4, 0.5) is 16.2 Å². The van der Waals surface area contributed by atoms with Gasteiger partial charge in [-0.3, -0.25) is 15.4 Å². The van der Waals surface area contributed by atoms with Crippen LogP contribution in [0.1, 0.15) is 30.9 Å². The minimum atomic E-state index is -0.695. The maximum atomic E-state index is 12.2. The van der Waals surface area contributed by atoms with Crippen molar-refractivity contribution >= 4 is 17.5 Å². The SMILES string of the molecule is COc1cc([N+](=O)[O-])ccc1NC(=O)Oc1cc(C)ccc1C(C)C. The zero-order valence-electron chi connectivity index (χ0n) is 14.5. The standard InChI is InChI=1S/C18H20N2O5/c1-11(2)14-7-5-12(3)9-16(14)25-18(21)19-15-8-6-13(20(22)23)10-17(15)24-4/h5-11H,1-4H3,(H,19,21). The Morgan fingerprint density at radius 1 is 1.16 bits per heavy atom. The number of hydrogen-bond acceptors (Lipinski definition) is 5. The summed E-state index contributed by atoms with van der Waals surface area (Å²) in [7, 11) is 1.37. The molecular weight excluding hydrogens is 324 g/mol. The minimum Gasteiger partial charge on any atom is -0.494 e. The number of non-ortho nitro benzene ring substituents is 1. The molecule has 0 aliphatic rings. The topological polar surface area (TPSA) is 90.7 Å². The highest BCUT2D eigenvalue weighted by Gasteiger charge is 2.16. The maximum Gasteiger partial charge on any atom is 0.417 e. The second kappa shape index (κ2) is 7.65. The van der Waals surface area contributed by atoms with Gasteiger partial charge in [0.25, 0.3) is 5.69 Å². The van der Waals surface area contributed by atoms with Crippen LogP contribution in [-0.2, 0) is 0 Å². The number of nitrogens with one attached hydrogen (secondary N) is 1. The smallest absolute Gasteiger partial charge is 0.417 e. The summed E-state index contributed by atoms with van der Waals surface area (Å²) in [5, 5.41) is 13.4. The van der Waals surface area contributed by atoms with Crippen molar-refractivity contribution in [3.63, 3.8) is 0 Å². The average molecular weight is 344 g/mol. The quantitative estimate of drug-likeness (QED) is 0.630. The fourth-order valence-electron chi connectivity index (χ4n) is 2.34. The van der Waals surface area contributed by atoms with Crippen molar-refractivity contribution in [2.45, 2.75) is 26.7 Å². The second-order valence-electron chi connectivity index (χ2n) is 5.85. The van der Waals surface area contributed by atoms with Crippen LogP contribution >= 0.6 is 0 Å². The molecule has 0 aromatic heterocycles. The molecule has 7 heteroatoms. The van der Waals surface area contributed by atoms with E-state index in [1.807, 2.05) is 32.9 Å². The average Bonchev–Trinajstić information content (AvgIpc) is 2.54. The van der Waals surface area contributed by atoms with Crippen molar-refractivity contribution in [1.29, 1.82) is 0 Å². The fraction of sp³-hybridized carbons (Fsp3) is 0.278. The van der Waals surface area contributed by atoms with Gasteiger partial charge in [0.15, 0.2) is 0 Å². The lowest BCUT2D eigenvalue weighted by Crippen LogP contribution is -2.18. The number of nitro benzene ring substituents is 1. The number of rotatable bonds is 5. The Morgan fingerprint density at radius 3 is 2.48 bits per heavy atom. The molecule has 0 radical (unpaired) electrons. The Kier molecular flexibility index (Phi) is 5.59. The molecule has 0 aliphatic heterocycles. The number of anilines is 1. The second-order valence-corrected chi connectivity index (χ2v) is 5.85. The molecule has 1 N–H and O–H groups in total. The molecule has 0 aliphatic carbocycles. The lowest BCUT2D eigenvalue weighted by atomic mass is 10.0. The molecule has 2 aromatic carbocycles. The van der Waals surface area contributed by atoms with Gasteiger partial charge in [0.2, 0.25) is 0 Å². The maximum absolute atomic E-state index is 12.2. The summed E-state index contributed by atoms with van der Waals surface area (Å²) >= 11 is 0. The summed E-state index contributed by atoms with van der Waals surface area (Å²) in [6, 6.07) is 9.60. The molecule has 2 rings (SSSR count). The first-order valence-electron chi connectivity index (χ1n) is 7.73. The molecule has 0 spiro atoms. The van der Waals surface area contributed by atoms with Crippen LogP contribution < -0.4 is 14.8 Å². The predicted molar refractivity (Wildman–Crippen MR) is 94.6 cm³/mol. The summed E-state index contributed by atoms with van der Waals surface area (Å²) in [6.07, 6.45) is -0.695. The first-order chi connectivity index (χ1) is 11.8. The van der Waals surface area contributed by atoms with Crippen LogP contribution in [0, 0.1) is 17.0 Å². The van der Waals surface area contributed by atoms with Crippen LogP contribution in [0.5, 0.6) is 11.5 Å². The van der Waals surface area contributed by atoms with Gasteiger partial charge in [-0.25, -0.2) is 4.79 Å². The van der Waals surface area contributed by atoms with Gasteiger partial charge in [0, 0.05) is 6.07 Å². The molecule has 1 amide bonds. The molecule has 2 aromatic rings. The van der Waals surface area contributed by atoms with Crippen molar-refractivity contribution in [3.05, 3.63) is 57.6 Å². The summed E-state index contributed by atoms with van der Waals surface area (Å²) in [4.78, 5) is 22.5. The number of carbonyl (C=O) groups excluding carboxylic acids is 1. The minimum absolute atomic E-state index is 0.128. The predicted octanol–water partition coefficient (Wildman–Crippen LogP) is 4.65. The van der Waals surface area contributed by atoms with Crippen molar-refractivity contribution in [1.82, 2.24) is 0 Å². The number of aryl methyl sites for hydroxylation is 1. The van der Waals surface area contributed by atoms with E-state index in [0.717, 1.165) is 11.1 Å². The normalized spacial score (nSPS) is 10.4. The van der Waals surface area contributed by atoms with E-state index in [2.05, 4.69) is 5.32 Å². The van der Waals surface area contributed by atoms with E-state index in [-0.39, 0.29) is 23.0 Å². The van der Waals surface area contributed by atoms with Crippen LogP contribution in [0.2, 0.25) is 0 Å². The van der Waals surface area contributed by atoms with Crippen molar-refractivity contribution in [2.75, 3.05) is 12.4 Å². The molecule has 0 fully saturated rings. The monoisotopic (exact) mass is 344 g/mol. The van der Waals surface area contributed by atoms with E-state index in [9.17, 15) is 14.9 Å². The summed E-state index contributed by atoms with van der Waals surface area (Å²) in [6.45, 7) is 5.93. The van der Waals surface area contributed by atoms with Crippen LogP contribution in [0.15, 0.2) is 36.4 Å². The van der Waals surface area contributed by atoms with E-state index >= 15 is 0 Å². The number of nitrogens with zero attached hydrogens (tertiary/aromatic N) is 1. The molecule has 0 saturated heterocycles. The van der Waals surface area contributed by atoms with Crippen molar-refractivity contribution in [2.24, 2.45) is 0 Å². The van der Waals surface area contributed by atoms with Crippen LogP contribution in [-0.4, -0.2) is 18.1 Å². The molecule has 0 atom stereocenters. The Hall–Kier alpha value is -3.09. The number of hydrogen-bond donors (Lipinski definition) is 1. The zero-order valence-corrected chi connectivity index (χ0v) is 14.5. The Bertz CT molecular complexity index is 802. The highest BCUT2D eigenvalue weighted by molar-refractivity contribution is 5.88. The molecule has 132 valence electrons. The molecule has 25 heavy (non-hydrogen) atoms. The van der Waals surface area contributed by atoms with Gasteiger partial charge in [-0.05, 0) is 36.1 Å². The van der Waals surface area contributed by atoms with Gasteiger partial charge in [-0.1, -0.05) is 26.0 Å². The lowest BCUT2D eigenvalue weighted by Gasteiger charge is -2.15. The lowest BCUT2D eigenvalue weighted by molar-refractivity contribution is -0.384. The number of methoxy groups -OCH3 is 1. The number of nitro groups is 1. The van der Waals surface area contributed by atoms with Gasteiger partial charge in [0.05, 0.1) is 23.8 Å². The van der Waals surface area contributed by atoms with E-state index in [4.69, 9.17) is 9.47 Å². The molecule has 0 bridgehead atoms. The summed E-state index contributed by atoms with van der Waals surface area (Å²) in [5.74, 6) is 0.852. The van der Waals surface area contributed by atoms with Gasteiger partial charge in [-0.15, -0.1) is 0 Å². The fourth-order valence-corrected chi connectivity index (χ4v) is 2.34. The molecule has 0 unspecified atom stereocenters. The van der Waals surface area contributed by atoms with Crippen molar-refractivity contribution < 1.29 is 19.2 Å². The van der Waals surface area contributed by atoms with E-state index in [0.29, 0.717) is 5.75 Å². The Balaban J connectivity index is 2.21. The molecule has 7 nitrogen and oxygen atoms in total. The van der Waals surface area contributed by atoms with E-state index in [1.54, 1.807) is 6.07 Å². The molecular formula is C18H20N2O5. The van der Waals surface area contributed by atoms with Crippen LogP contribution in [0.3, 0.4) is 0 Å². The first kappa shape index (κ1) is 18.3. The highest BCUT2D eigenvalue weighted by Crippen LogP contribution is 2.31. The first-order valence-corrected chi connectivity index (χ1v) is 7.73. The Morgan fingerprint density at radius 2 is 1.88 bits per heavy atom. The van der Waals surface area contributed by atoms with Gasteiger partial charge in [0.1, 0.15) is 11.5 Å².